The van der Waals surface area contributed by atoms with E-state index in [-0.39, 0.29) is 23.9 Å². The summed E-state index contributed by atoms with van der Waals surface area (Å²) in [6.07, 6.45) is 0.403. The number of hydrogen-bond acceptors (Lipinski definition) is 2. The molecule has 2 amide bonds. The van der Waals surface area contributed by atoms with Gasteiger partial charge in [-0.25, -0.2) is 8.78 Å². The molecular formula is C15H18F2N2O2. The maximum Gasteiger partial charge on any atom is 0.249 e. The molecular weight excluding hydrogens is 278 g/mol. The molecule has 4 nitrogen and oxygen atoms in total. The molecule has 1 aromatic carbocycles. The molecule has 0 aliphatic carbocycles. The summed E-state index contributed by atoms with van der Waals surface area (Å²) in [7, 11) is 0. The first-order chi connectivity index (χ1) is 9.80. The van der Waals surface area contributed by atoms with Gasteiger partial charge in [0, 0.05) is 5.56 Å². The number of hydrogen-bond donors (Lipinski definition) is 1. The van der Waals surface area contributed by atoms with Crippen molar-refractivity contribution in [2.45, 2.75) is 45.3 Å². The minimum absolute atomic E-state index is 0.203. The molecule has 2 unspecified atom stereocenters. The summed E-state index contributed by atoms with van der Waals surface area (Å²) in [6, 6.07) is 2.77. The van der Waals surface area contributed by atoms with Gasteiger partial charge in [-0.05, 0) is 32.4 Å². The van der Waals surface area contributed by atoms with Crippen LogP contribution in [-0.4, -0.2) is 28.3 Å². The van der Waals surface area contributed by atoms with E-state index in [4.69, 9.17) is 0 Å². The standard InChI is InChI=1S/C15H18F2N2O2/c1-4-15(3)14(21)19(9(2)13(20)18-15)8-10-11(16)6-5-7-12(10)17/h5-7,9H,4,8H2,1-3H3,(H,18,20). The highest BCUT2D eigenvalue weighted by molar-refractivity contribution is 5.99. The van der Waals surface area contributed by atoms with Crippen molar-refractivity contribution in [1.82, 2.24) is 10.2 Å². The Balaban J connectivity index is 2.37. The van der Waals surface area contributed by atoms with E-state index in [1.807, 2.05) is 0 Å². The molecule has 114 valence electrons. The number of benzene rings is 1. The van der Waals surface area contributed by atoms with Crippen LogP contribution in [0.25, 0.3) is 0 Å². The molecule has 0 aromatic heterocycles. The van der Waals surface area contributed by atoms with Crippen molar-refractivity contribution in [2.24, 2.45) is 0 Å². The molecule has 1 fully saturated rings. The van der Waals surface area contributed by atoms with Crippen LogP contribution in [0.1, 0.15) is 32.8 Å². The molecule has 0 radical (unpaired) electrons. The number of nitrogens with one attached hydrogen (secondary N) is 1. The van der Waals surface area contributed by atoms with Crippen molar-refractivity contribution >= 4 is 11.8 Å². The van der Waals surface area contributed by atoms with E-state index in [0.717, 1.165) is 12.1 Å². The number of amides is 2. The summed E-state index contributed by atoms with van der Waals surface area (Å²) in [4.78, 5) is 25.7. The Labute approximate surface area is 122 Å². The Morgan fingerprint density at radius 1 is 1.29 bits per heavy atom. The molecule has 1 aliphatic rings. The third kappa shape index (κ3) is 2.62. The van der Waals surface area contributed by atoms with E-state index in [2.05, 4.69) is 5.32 Å². The molecule has 6 heteroatoms. The monoisotopic (exact) mass is 296 g/mol. The van der Waals surface area contributed by atoms with Gasteiger partial charge in [0.1, 0.15) is 23.2 Å². The first kappa shape index (κ1) is 15.4. The second-order valence-corrected chi connectivity index (χ2v) is 5.48. The number of halogens is 2. The zero-order chi connectivity index (χ0) is 15.8. The van der Waals surface area contributed by atoms with Gasteiger partial charge in [0.05, 0.1) is 6.54 Å². The lowest BCUT2D eigenvalue weighted by Gasteiger charge is -2.43. The van der Waals surface area contributed by atoms with Crippen molar-refractivity contribution in [3.63, 3.8) is 0 Å². The minimum atomic E-state index is -1.04. The molecule has 2 atom stereocenters. The van der Waals surface area contributed by atoms with Crippen LogP contribution >= 0.6 is 0 Å². The highest BCUT2D eigenvalue weighted by Crippen LogP contribution is 2.24. The lowest BCUT2D eigenvalue weighted by Crippen LogP contribution is -2.68. The number of nitrogens with zero attached hydrogens (tertiary/aromatic N) is 1. The van der Waals surface area contributed by atoms with Crippen LogP contribution in [0.15, 0.2) is 18.2 Å². The normalized spacial score (nSPS) is 26.0. The zero-order valence-corrected chi connectivity index (χ0v) is 12.2. The summed E-state index contributed by atoms with van der Waals surface area (Å²) in [6.45, 7) is 4.67. The summed E-state index contributed by atoms with van der Waals surface area (Å²) in [5.74, 6) is -2.10. The quantitative estimate of drug-likeness (QED) is 0.927. The van der Waals surface area contributed by atoms with Gasteiger partial charge in [-0.2, -0.15) is 0 Å². The van der Waals surface area contributed by atoms with Crippen molar-refractivity contribution in [2.75, 3.05) is 0 Å². The molecule has 1 saturated heterocycles. The number of carbonyl (C=O) groups excluding carboxylic acids is 2. The van der Waals surface area contributed by atoms with Gasteiger partial charge < -0.3 is 10.2 Å². The van der Waals surface area contributed by atoms with Crippen LogP contribution in [-0.2, 0) is 16.1 Å². The van der Waals surface area contributed by atoms with Crippen LogP contribution in [0.5, 0.6) is 0 Å². The average molecular weight is 296 g/mol. The zero-order valence-electron chi connectivity index (χ0n) is 12.2. The minimum Gasteiger partial charge on any atom is -0.340 e. The number of piperazine rings is 1. The van der Waals surface area contributed by atoms with Gasteiger partial charge in [0.2, 0.25) is 11.8 Å². The Morgan fingerprint density at radius 3 is 2.38 bits per heavy atom. The highest BCUT2D eigenvalue weighted by Gasteiger charge is 2.45. The van der Waals surface area contributed by atoms with Gasteiger partial charge in [-0.15, -0.1) is 0 Å². The van der Waals surface area contributed by atoms with Crippen molar-refractivity contribution in [1.29, 1.82) is 0 Å². The van der Waals surface area contributed by atoms with Crippen LogP contribution in [0.2, 0.25) is 0 Å². The molecule has 0 saturated carbocycles. The van der Waals surface area contributed by atoms with Crippen molar-refractivity contribution in [3.8, 4) is 0 Å². The Morgan fingerprint density at radius 2 is 1.86 bits per heavy atom. The van der Waals surface area contributed by atoms with E-state index in [1.54, 1.807) is 20.8 Å². The van der Waals surface area contributed by atoms with Crippen LogP contribution in [0.3, 0.4) is 0 Å². The fourth-order valence-electron chi connectivity index (χ4n) is 2.37. The van der Waals surface area contributed by atoms with Crippen LogP contribution < -0.4 is 5.32 Å². The van der Waals surface area contributed by atoms with E-state index >= 15 is 0 Å². The first-order valence-corrected chi connectivity index (χ1v) is 6.86. The summed E-state index contributed by atoms with van der Waals surface area (Å²) < 4.78 is 27.5. The number of rotatable bonds is 3. The largest absolute Gasteiger partial charge is 0.340 e. The lowest BCUT2D eigenvalue weighted by molar-refractivity contribution is -0.154. The third-order valence-electron chi connectivity index (χ3n) is 4.08. The van der Waals surface area contributed by atoms with E-state index in [0.29, 0.717) is 6.42 Å². The second kappa shape index (κ2) is 5.42. The fraction of sp³-hybridized carbons (Fsp3) is 0.467. The van der Waals surface area contributed by atoms with Gasteiger partial charge in [-0.3, -0.25) is 9.59 Å². The van der Waals surface area contributed by atoms with Crippen LogP contribution in [0.4, 0.5) is 8.78 Å². The van der Waals surface area contributed by atoms with E-state index in [9.17, 15) is 18.4 Å². The van der Waals surface area contributed by atoms with Gasteiger partial charge in [0.25, 0.3) is 0 Å². The smallest absolute Gasteiger partial charge is 0.249 e. The van der Waals surface area contributed by atoms with Crippen molar-refractivity contribution < 1.29 is 18.4 Å². The molecule has 2 rings (SSSR count). The fourth-order valence-corrected chi connectivity index (χ4v) is 2.37. The van der Waals surface area contributed by atoms with Gasteiger partial charge >= 0.3 is 0 Å². The first-order valence-electron chi connectivity index (χ1n) is 6.86. The Hall–Kier alpha value is -1.98. The Kier molecular flexibility index (Phi) is 3.98. The maximum atomic E-state index is 13.8. The van der Waals surface area contributed by atoms with Gasteiger partial charge in [-0.1, -0.05) is 13.0 Å². The molecule has 0 bridgehead atoms. The predicted molar refractivity (Wildman–Crippen MR) is 73.2 cm³/mol. The van der Waals surface area contributed by atoms with E-state index < -0.39 is 23.2 Å². The molecule has 1 N–H and O–H groups in total. The lowest BCUT2D eigenvalue weighted by atomic mass is 9.92. The molecule has 1 heterocycles. The summed E-state index contributed by atoms with van der Waals surface area (Å²) in [5.41, 5.74) is -1.24. The third-order valence-corrected chi connectivity index (χ3v) is 4.08. The maximum absolute atomic E-state index is 13.8. The highest BCUT2D eigenvalue weighted by atomic mass is 19.1. The summed E-state index contributed by atoms with van der Waals surface area (Å²) in [5, 5.41) is 2.67. The van der Waals surface area contributed by atoms with Crippen LogP contribution in [0, 0.1) is 11.6 Å². The van der Waals surface area contributed by atoms with Gasteiger partial charge in [0.15, 0.2) is 0 Å². The number of carbonyl (C=O) groups is 2. The Bertz CT molecular complexity index is 571. The summed E-state index contributed by atoms with van der Waals surface area (Å²) >= 11 is 0. The van der Waals surface area contributed by atoms with E-state index in [1.165, 1.54) is 11.0 Å². The molecule has 1 aromatic rings. The SMILES string of the molecule is CCC1(C)NC(=O)C(C)N(Cc2c(F)cccc2F)C1=O. The molecule has 0 spiro atoms. The average Bonchev–Trinajstić information content (AvgIpc) is 2.44. The second-order valence-electron chi connectivity index (χ2n) is 5.48. The molecule has 1 aliphatic heterocycles. The molecule has 21 heavy (non-hydrogen) atoms. The van der Waals surface area contributed by atoms with Crippen molar-refractivity contribution in [3.05, 3.63) is 35.4 Å². The predicted octanol–water partition coefficient (Wildman–Crippen LogP) is 1.98. The topological polar surface area (TPSA) is 49.4 Å².